The molecule has 0 unspecified atom stereocenters. The Bertz CT molecular complexity index is 883. The minimum Gasteiger partial charge on any atom is -0.316 e. The fourth-order valence-corrected chi connectivity index (χ4v) is 2.97. The van der Waals surface area contributed by atoms with Gasteiger partial charge in [0.25, 0.3) is 5.91 Å². The number of oxime groups is 1. The van der Waals surface area contributed by atoms with E-state index in [4.69, 9.17) is 34.8 Å². The Morgan fingerprint density at radius 1 is 1.16 bits per heavy atom. The monoisotopic (exact) mass is 396 g/mol. The summed E-state index contributed by atoms with van der Waals surface area (Å²) in [5, 5.41) is 4.65. The zero-order chi connectivity index (χ0) is 18.0. The van der Waals surface area contributed by atoms with Crippen molar-refractivity contribution in [2.45, 2.75) is 6.54 Å². The van der Waals surface area contributed by atoms with E-state index in [0.717, 1.165) is 5.56 Å². The van der Waals surface area contributed by atoms with E-state index in [0.29, 0.717) is 21.3 Å². The first-order valence-corrected chi connectivity index (χ1v) is 8.49. The number of nitrogens with zero attached hydrogens (tertiary/aromatic N) is 2. The van der Waals surface area contributed by atoms with Crippen molar-refractivity contribution in [3.8, 4) is 0 Å². The molecule has 1 aliphatic rings. The number of anilines is 1. The number of rotatable bonds is 4. The van der Waals surface area contributed by atoms with E-state index in [2.05, 4.69) is 9.99 Å². The van der Waals surface area contributed by atoms with Crippen LogP contribution in [0.15, 0.2) is 47.6 Å². The van der Waals surface area contributed by atoms with Gasteiger partial charge >= 0.3 is 5.97 Å². The highest BCUT2D eigenvalue weighted by Crippen LogP contribution is 2.32. The van der Waals surface area contributed by atoms with Gasteiger partial charge in [0.05, 0.1) is 12.2 Å². The van der Waals surface area contributed by atoms with Crippen molar-refractivity contribution in [1.29, 1.82) is 0 Å². The van der Waals surface area contributed by atoms with Gasteiger partial charge in [0.1, 0.15) is 5.88 Å². The minimum absolute atomic E-state index is 0.0409. The van der Waals surface area contributed by atoms with Crippen molar-refractivity contribution in [3.05, 3.63) is 63.6 Å². The molecule has 8 heteroatoms. The predicted octanol–water partition coefficient (Wildman–Crippen LogP) is 4.03. The molecule has 0 bridgehead atoms. The van der Waals surface area contributed by atoms with Crippen LogP contribution in [0.5, 0.6) is 0 Å². The number of alkyl halides is 1. The third-order valence-corrected chi connectivity index (χ3v) is 4.39. The zero-order valence-electron chi connectivity index (χ0n) is 12.7. The van der Waals surface area contributed by atoms with Gasteiger partial charge in [-0.15, -0.1) is 11.6 Å². The van der Waals surface area contributed by atoms with E-state index in [1.807, 2.05) is 0 Å². The number of para-hydroxylation sites is 1. The molecular weight excluding hydrogens is 387 g/mol. The number of fused-ring (bicyclic) bond motifs is 1. The average molecular weight is 398 g/mol. The van der Waals surface area contributed by atoms with Gasteiger partial charge in [-0.1, -0.05) is 52.6 Å². The van der Waals surface area contributed by atoms with E-state index >= 15 is 0 Å². The Morgan fingerprint density at radius 3 is 2.64 bits per heavy atom. The molecular formula is C17H11Cl3N2O3. The van der Waals surface area contributed by atoms with Crippen molar-refractivity contribution >= 4 is 58.1 Å². The van der Waals surface area contributed by atoms with E-state index in [9.17, 15) is 9.59 Å². The van der Waals surface area contributed by atoms with Crippen LogP contribution < -0.4 is 4.90 Å². The quantitative estimate of drug-likeness (QED) is 0.445. The van der Waals surface area contributed by atoms with Crippen LogP contribution in [0.1, 0.15) is 11.1 Å². The summed E-state index contributed by atoms with van der Waals surface area (Å²) in [5.41, 5.74) is 1.99. The summed E-state index contributed by atoms with van der Waals surface area (Å²) in [5.74, 6) is -1.48. The maximum atomic E-state index is 12.7. The van der Waals surface area contributed by atoms with Crippen LogP contribution in [0.2, 0.25) is 10.0 Å². The molecule has 5 nitrogen and oxygen atoms in total. The van der Waals surface area contributed by atoms with Gasteiger partial charge in [0, 0.05) is 15.6 Å². The second kappa shape index (κ2) is 7.44. The van der Waals surface area contributed by atoms with Gasteiger partial charge in [-0.05, 0) is 23.8 Å². The molecule has 0 aromatic heterocycles. The van der Waals surface area contributed by atoms with Crippen molar-refractivity contribution in [2.24, 2.45) is 5.16 Å². The molecule has 0 N–H and O–H groups in total. The summed E-state index contributed by atoms with van der Waals surface area (Å²) in [4.78, 5) is 30.1. The molecule has 0 saturated carbocycles. The van der Waals surface area contributed by atoms with Crippen molar-refractivity contribution in [3.63, 3.8) is 0 Å². The number of benzene rings is 2. The second-order valence-electron chi connectivity index (χ2n) is 5.18. The summed E-state index contributed by atoms with van der Waals surface area (Å²) in [6, 6.07) is 12.1. The van der Waals surface area contributed by atoms with E-state index < -0.39 is 11.9 Å². The lowest BCUT2D eigenvalue weighted by Gasteiger charge is -2.17. The molecule has 0 spiro atoms. The molecule has 1 aliphatic heterocycles. The van der Waals surface area contributed by atoms with Crippen LogP contribution in [0.4, 0.5) is 5.69 Å². The fraction of sp³-hybridized carbons (Fsp3) is 0.118. The summed E-state index contributed by atoms with van der Waals surface area (Å²) < 4.78 is 0. The highest BCUT2D eigenvalue weighted by atomic mass is 35.5. The van der Waals surface area contributed by atoms with Crippen molar-refractivity contribution in [2.75, 3.05) is 10.8 Å². The SMILES string of the molecule is O=C(CCl)O/N=C1\C(=O)N(Cc2ccc(Cl)cc2Cl)c2ccccc21. The van der Waals surface area contributed by atoms with Crippen LogP contribution in [0, 0.1) is 0 Å². The molecule has 0 fully saturated rings. The second-order valence-corrected chi connectivity index (χ2v) is 6.29. The number of halogens is 3. The molecule has 25 heavy (non-hydrogen) atoms. The number of hydrogen-bond acceptors (Lipinski definition) is 4. The van der Waals surface area contributed by atoms with Gasteiger partial charge in [-0.25, -0.2) is 4.79 Å². The first-order valence-electron chi connectivity index (χ1n) is 7.20. The Morgan fingerprint density at radius 2 is 1.92 bits per heavy atom. The smallest absolute Gasteiger partial charge is 0.316 e. The standard InChI is InChI=1S/C17H11Cl3N2O3/c18-8-15(23)25-21-16-12-3-1-2-4-14(12)22(17(16)24)9-10-5-6-11(19)7-13(10)20/h1-7H,8-9H2/b21-16-. The average Bonchev–Trinajstić information content (AvgIpc) is 2.87. The lowest BCUT2D eigenvalue weighted by molar-refractivity contribution is -0.140. The van der Waals surface area contributed by atoms with E-state index in [1.165, 1.54) is 4.90 Å². The third-order valence-electron chi connectivity index (χ3n) is 3.59. The predicted molar refractivity (Wildman–Crippen MR) is 97.4 cm³/mol. The number of carbonyl (C=O) groups excluding carboxylic acids is 2. The Kier molecular flexibility index (Phi) is 5.27. The van der Waals surface area contributed by atoms with E-state index in [-0.39, 0.29) is 18.1 Å². The summed E-state index contributed by atoms with van der Waals surface area (Å²) in [6.07, 6.45) is 0. The molecule has 1 heterocycles. The summed E-state index contributed by atoms with van der Waals surface area (Å²) in [6.45, 7) is 0.230. The highest BCUT2D eigenvalue weighted by molar-refractivity contribution is 6.54. The largest absolute Gasteiger partial charge is 0.349 e. The van der Waals surface area contributed by atoms with E-state index in [1.54, 1.807) is 42.5 Å². The number of carbonyl (C=O) groups is 2. The lowest BCUT2D eigenvalue weighted by Crippen LogP contribution is -2.30. The normalized spacial score (nSPS) is 14.8. The number of amides is 1. The van der Waals surface area contributed by atoms with Crippen molar-refractivity contribution in [1.82, 2.24) is 0 Å². The Balaban J connectivity index is 1.95. The molecule has 128 valence electrons. The van der Waals surface area contributed by atoms with Crippen LogP contribution >= 0.6 is 34.8 Å². The molecule has 3 rings (SSSR count). The van der Waals surface area contributed by atoms with Crippen LogP contribution in [-0.4, -0.2) is 23.5 Å². The van der Waals surface area contributed by atoms with Crippen LogP contribution in [0.3, 0.4) is 0 Å². The topological polar surface area (TPSA) is 59.0 Å². The molecule has 2 aromatic carbocycles. The molecule has 2 aromatic rings. The Labute approximate surface area is 158 Å². The van der Waals surface area contributed by atoms with Crippen LogP contribution in [-0.2, 0) is 21.0 Å². The first kappa shape index (κ1) is 17.7. The Hall–Kier alpha value is -2.08. The van der Waals surface area contributed by atoms with Gasteiger partial charge in [0.2, 0.25) is 0 Å². The van der Waals surface area contributed by atoms with Gasteiger partial charge < -0.3 is 9.74 Å². The molecule has 0 saturated heterocycles. The minimum atomic E-state index is -0.737. The van der Waals surface area contributed by atoms with Gasteiger partial charge in [0.15, 0.2) is 5.71 Å². The molecule has 0 atom stereocenters. The highest BCUT2D eigenvalue weighted by Gasteiger charge is 2.35. The van der Waals surface area contributed by atoms with Crippen LogP contribution in [0.25, 0.3) is 0 Å². The maximum absolute atomic E-state index is 12.7. The summed E-state index contributed by atoms with van der Waals surface area (Å²) >= 11 is 17.5. The lowest BCUT2D eigenvalue weighted by atomic mass is 10.1. The fourth-order valence-electron chi connectivity index (χ4n) is 2.45. The summed E-state index contributed by atoms with van der Waals surface area (Å²) in [7, 11) is 0. The number of hydrogen-bond donors (Lipinski definition) is 0. The zero-order valence-corrected chi connectivity index (χ0v) is 15.0. The molecule has 0 aliphatic carbocycles. The van der Waals surface area contributed by atoms with Gasteiger partial charge in [-0.3, -0.25) is 4.79 Å². The molecule has 1 amide bonds. The first-order chi connectivity index (χ1) is 12.0. The third kappa shape index (κ3) is 3.63. The van der Waals surface area contributed by atoms with Gasteiger partial charge in [-0.2, -0.15) is 0 Å². The molecule has 0 radical (unpaired) electrons. The van der Waals surface area contributed by atoms with Crippen molar-refractivity contribution < 1.29 is 14.4 Å². The maximum Gasteiger partial charge on any atom is 0.349 e.